The highest BCUT2D eigenvalue weighted by Crippen LogP contribution is 2.29. The maximum absolute atomic E-state index is 11.6. The van der Waals surface area contributed by atoms with Crippen LogP contribution in [0.1, 0.15) is 28.8 Å². The smallest absolute Gasteiger partial charge is 0.197 e. The average Bonchev–Trinajstić information content (AvgIpc) is 2.30. The van der Waals surface area contributed by atoms with E-state index in [1.54, 1.807) is 6.07 Å². The van der Waals surface area contributed by atoms with E-state index in [0.29, 0.717) is 24.2 Å². The fourth-order valence-electron chi connectivity index (χ4n) is 1.61. The highest BCUT2D eigenvalue weighted by Gasteiger charge is 2.22. The number of ether oxygens (including phenoxy) is 1. The van der Waals surface area contributed by atoms with Gasteiger partial charge in [0, 0.05) is 12.8 Å². The molecule has 1 atom stereocenters. The molecule has 0 aromatic heterocycles. The van der Waals surface area contributed by atoms with Crippen LogP contribution < -0.4 is 4.74 Å². The first kappa shape index (κ1) is 9.21. The standard InChI is InChI=1S/C11H12O3/c1-7-3-2-4-8-9(12)5-6-10(13)14-11(7)8/h2-4,10,13H,5-6H2,1H3. The second kappa shape index (κ2) is 3.42. The number of para-hydroxylation sites is 1. The Labute approximate surface area is 82.3 Å². The van der Waals surface area contributed by atoms with Crippen molar-refractivity contribution in [2.75, 3.05) is 0 Å². The fourth-order valence-corrected chi connectivity index (χ4v) is 1.61. The van der Waals surface area contributed by atoms with Gasteiger partial charge < -0.3 is 9.84 Å². The molecule has 1 heterocycles. The lowest BCUT2D eigenvalue weighted by atomic mass is 10.0. The largest absolute Gasteiger partial charge is 0.464 e. The first-order valence-corrected chi connectivity index (χ1v) is 4.66. The lowest BCUT2D eigenvalue weighted by molar-refractivity contribution is -0.0207. The molecule has 1 aromatic carbocycles. The Balaban J connectivity index is 2.52. The number of hydrogen-bond acceptors (Lipinski definition) is 3. The molecule has 3 heteroatoms. The average molecular weight is 192 g/mol. The Morgan fingerprint density at radius 1 is 1.50 bits per heavy atom. The minimum atomic E-state index is -0.860. The van der Waals surface area contributed by atoms with Crippen molar-refractivity contribution in [1.82, 2.24) is 0 Å². The maximum Gasteiger partial charge on any atom is 0.197 e. The van der Waals surface area contributed by atoms with E-state index in [0.717, 1.165) is 5.56 Å². The van der Waals surface area contributed by atoms with Gasteiger partial charge in [-0.2, -0.15) is 0 Å². The van der Waals surface area contributed by atoms with Gasteiger partial charge in [0.1, 0.15) is 5.75 Å². The normalized spacial score (nSPS) is 21.0. The lowest BCUT2D eigenvalue weighted by Crippen LogP contribution is -2.14. The van der Waals surface area contributed by atoms with Crippen LogP contribution in [0.3, 0.4) is 0 Å². The Bertz CT molecular complexity index is 371. The highest BCUT2D eigenvalue weighted by molar-refractivity contribution is 5.99. The van der Waals surface area contributed by atoms with Crippen LogP contribution in [0.4, 0.5) is 0 Å². The number of aryl methyl sites for hydroxylation is 1. The van der Waals surface area contributed by atoms with E-state index in [2.05, 4.69) is 0 Å². The number of benzene rings is 1. The Hall–Kier alpha value is -1.35. The van der Waals surface area contributed by atoms with Gasteiger partial charge >= 0.3 is 0 Å². The summed E-state index contributed by atoms with van der Waals surface area (Å²) in [6, 6.07) is 5.43. The minimum absolute atomic E-state index is 0.0419. The van der Waals surface area contributed by atoms with Gasteiger partial charge in [0.05, 0.1) is 5.56 Å². The number of carbonyl (C=O) groups excluding carboxylic acids is 1. The topological polar surface area (TPSA) is 46.5 Å². The zero-order valence-corrected chi connectivity index (χ0v) is 7.99. The zero-order chi connectivity index (χ0) is 10.1. The van der Waals surface area contributed by atoms with Gasteiger partial charge in [0.2, 0.25) is 0 Å². The van der Waals surface area contributed by atoms with Gasteiger partial charge in [0.25, 0.3) is 0 Å². The van der Waals surface area contributed by atoms with Crippen molar-refractivity contribution in [1.29, 1.82) is 0 Å². The third-order valence-electron chi connectivity index (χ3n) is 2.38. The van der Waals surface area contributed by atoms with E-state index in [9.17, 15) is 9.90 Å². The predicted molar refractivity (Wildman–Crippen MR) is 51.4 cm³/mol. The number of aliphatic hydroxyl groups excluding tert-OH is 1. The van der Waals surface area contributed by atoms with Crippen LogP contribution in [0.5, 0.6) is 5.75 Å². The van der Waals surface area contributed by atoms with Crippen LogP contribution in [0, 0.1) is 6.92 Å². The molecule has 0 amide bonds. The number of fused-ring (bicyclic) bond motifs is 1. The van der Waals surface area contributed by atoms with Crippen molar-refractivity contribution in [3.05, 3.63) is 29.3 Å². The number of Topliss-reactive ketones (excluding diaryl/α,β-unsaturated/α-hetero) is 1. The van der Waals surface area contributed by atoms with Crippen LogP contribution in [0.2, 0.25) is 0 Å². The molecule has 0 saturated heterocycles. The van der Waals surface area contributed by atoms with Crippen LogP contribution in [-0.2, 0) is 0 Å². The zero-order valence-electron chi connectivity index (χ0n) is 7.99. The van der Waals surface area contributed by atoms with Gasteiger partial charge in [-0.25, -0.2) is 0 Å². The summed E-state index contributed by atoms with van der Waals surface area (Å²) in [5.74, 6) is 0.572. The number of aliphatic hydroxyl groups is 1. The van der Waals surface area contributed by atoms with Crippen molar-refractivity contribution < 1.29 is 14.6 Å². The van der Waals surface area contributed by atoms with E-state index >= 15 is 0 Å². The quantitative estimate of drug-likeness (QED) is 0.680. The molecule has 0 saturated carbocycles. The third kappa shape index (κ3) is 1.51. The SMILES string of the molecule is Cc1cccc2c1OC(O)CCC2=O. The second-order valence-electron chi connectivity index (χ2n) is 3.49. The molecular weight excluding hydrogens is 180 g/mol. The molecular formula is C11H12O3. The summed E-state index contributed by atoms with van der Waals surface area (Å²) in [6.07, 6.45) is -0.147. The molecule has 0 fully saturated rings. The van der Waals surface area contributed by atoms with Crippen LogP contribution in [0.25, 0.3) is 0 Å². The minimum Gasteiger partial charge on any atom is -0.464 e. The molecule has 14 heavy (non-hydrogen) atoms. The molecule has 2 rings (SSSR count). The van der Waals surface area contributed by atoms with E-state index in [1.165, 1.54) is 0 Å². The molecule has 1 aliphatic rings. The van der Waals surface area contributed by atoms with Gasteiger partial charge in [0.15, 0.2) is 12.1 Å². The van der Waals surface area contributed by atoms with Gasteiger partial charge in [-0.3, -0.25) is 4.79 Å². The van der Waals surface area contributed by atoms with Gasteiger partial charge in [-0.05, 0) is 18.6 Å². The summed E-state index contributed by atoms with van der Waals surface area (Å²) in [5, 5.41) is 9.40. The monoisotopic (exact) mass is 192 g/mol. The van der Waals surface area contributed by atoms with E-state index in [4.69, 9.17) is 4.74 Å². The first-order chi connectivity index (χ1) is 6.68. The summed E-state index contributed by atoms with van der Waals surface area (Å²) < 4.78 is 5.29. The van der Waals surface area contributed by atoms with Crippen molar-refractivity contribution in [3.63, 3.8) is 0 Å². The predicted octanol–water partition coefficient (Wildman–Crippen LogP) is 1.67. The number of rotatable bonds is 0. The summed E-state index contributed by atoms with van der Waals surface area (Å²) in [5.41, 5.74) is 1.47. The molecule has 1 N–H and O–H groups in total. The molecule has 1 unspecified atom stereocenters. The molecule has 3 nitrogen and oxygen atoms in total. The van der Waals surface area contributed by atoms with E-state index in [1.807, 2.05) is 19.1 Å². The maximum atomic E-state index is 11.6. The molecule has 0 radical (unpaired) electrons. The second-order valence-corrected chi connectivity index (χ2v) is 3.49. The Morgan fingerprint density at radius 3 is 3.07 bits per heavy atom. The first-order valence-electron chi connectivity index (χ1n) is 4.66. The summed E-state index contributed by atoms with van der Waals surface area (Å²) in [6.45, 7) is 1.87. The van der Waals surface area contributed by atoms with E-state index < -0.39 is 6.29 Å². The molecule has 1 aliphatic heterocycles. The highest BCUT2D eigenvalue weighted by atomic mass is 16.6. The van der Waals surface area contributed by atoms with Crippen LogP contribution in [0.15, 0.2) is 18.2 Å². The summed E-state index contributed by atoms with van der Waals surface area (Å²) >= 11 is 0. The Kier molecular flexibility index (Phi) is 2.25. The Morgan fingerprint density at radius 2 is 2.29 bits per heavy atom. The summed E-state index contributed by atoms with van der Waals surface area (Å²) in [7, 11) is 0. The van der Waals surface area contributed by atoms with Gasteiger partial charge in [-0.15, -0.1) is 0 Å². The number of carbonyl (C=O) groups is 1. The lowest BCUT2D eigenvalue weighted by Gasteiger charge is -2.12. The van der Waals surface area contributed by atoms with Crippen molar-refractivity contribution >= 4 is 5.78 Å². The van der Waals surface area contributed by atoms with Crippen LogP contribution in [-0.4, -0.2) is 17.2 Å². The number of ketones is 1. The van der Waals surface area contributed by atoms with Gasteiger partial charge in [-0.1, -0.05) is 12.1 Å². The molecule has 0 bridgehead atoms. The summed E-state index contributed by atoms with van der Waals surface area (Å²) in [4.78, 5) is 11.6. The molecule has 74 valence electrons. The van der Waals surface area contributed by atoms with E-state index in [-0.39, 0.29) is 5.78 Å². The van der Waals surface area contributed by atoms with Crippen molar-refractivity contribution in [2.24, 2.45) is 0 Å². The number of hydrogen-bond donors (Lipinski definition) is 1. The van der Waals surface area contributed by atoms with Crippen molar-refractivity contribution in [2.45, 2.75) is 26.1 Å². The molecule has 0 spiro atoms. The molecule has 0 aliphatic carbocycles. The fraction of sp³-hybridized carbons (Fsp3) is 0.364. The third-order valence-corrected chi connectivity index (χ3v) is 2.38. The molecule has 1 aromatic rings. The van der Waals surface area contributed by atoms with Crippen molar-refractivity contribution in [3.8, 4) is 5.75 Å². The van der Waals surface area contributed by atoms with Crippen LogP contribution >= 0.6 is 0 Å².